The summed E-state index contributed by atoms with van der Waals surface area (Å²) in [6.07, 6.45) is 8.14. The van der Waals surface area contributed by atoms with Crippen LogP contribution in [0.2, 0.25) is 0 Å². The van der Waals surface area contributed by atoms with Gasteiger partial charge >= 0.3 is 0 Å². The molecule has 0 spiro atoms. The van der Waals surface area contributed by atoms with Gasteiger partial charge < -0.3 is 27.3 Å². The Morgan fingerprint density at radius 1 is 1.15 bits per heavy atom. The Bertz CT molecular complexity index is 715. The van der Waals surface area contributed by atoms with Gasteiger partial charge in [0.05, 0.1) is 12.3 Å². The number of hydrogen-bond donors (Lipinski definition) is 3. The summed E-state index contributed by atoms with van der Waals surface area (Å²) in [4.78, 5) is 0. The van der Waals surface area contributed by atoms with Crippen LogP contribution in [0.4, 0.5) is 0 Å². The van der Waals surface area contributed by atoms with Crippen molar-refractivity contribution >= 4 is 0 Å². The van der Waals surface area contributed by atoms with Crippen LogP contribution in [0.15, 0.2) is 36.9 Å². The first kappa shape index (κ1) is 26.4. The van der Waals surface area contributed by atoms with Crippen LogP contribution < -0.4 is 16.8 Å². The highest BCUT2D eigenvalue weighted by Gasteiger charge is 2.37. The first-order chi connectivity index (χ1) is 15.9. The Kier molecular flexibility index (Phi) is 9.95. The van der Waals surface area contributed by atoms with Crippen LogP contribution in [0.5, 0.6) is 0 Å². The zero-order valence-electron chi connectivity index (χ0n) is 21.0. The summed E-state index contributed by atoms with van der Waals surface area (Å²) >= 11 is 0. The number of nitrogens with one attached hydrogen (secondary N) is 2. The molecule has 2 fully saturated rings. The fourth-order valence-electron chi connectivity index (χ4n) is 6.04. The minimum atomic E-state index is -0.686. The molecule has 5 nitrogen and oxygen atoms in total. The molecule has 1 aliphatic carbocycles. The maximum atomic E-state index is 8.81. The Balaban J connectivity index is 1.56. The van der Waals surface area contributed by atoms with Crippen LogP contribution in [0, 0.1) is 35.5 Å². The third-order valence-corrected chi connectivity index (χ3v) is 8.86. The van der Waals surface area contributed by atoms with Gasteiger partial charge in [-0.3, -0.25) is 0 Å². The molecule has 1 heterocycles. The quantitative estimate of drug-likeness (QED) is 0.390. The van der Waals surface area contributed by atoms with Crippen molar-refractivity contribution in [2.45, 2.75) is 84.3 Å². The van der Waals surface area contributed by atoms with Crippen LogP contribution >= 0.6 is 0 Å². The van der Waals surface area contributed by atoms with Gasteiger partial charge in [0.25, 0.3) is 0 Å². The zero-order chi connectivity index (χ0) is 24.0. The fourth-order valence-corrected chi connectivity index (χ4v) is 6.04. The SMILES string of the molecule is C=CC(OC([NH-])C1CC(C2CCC(C(C)C(C)CC)CC2)CNC1N)c1ccc(CN)cc1. The van der Waals surface area contributed by atoms with Crippen molar-refractivity contribution < 1.29 is 4.74 Å². The average Bonchev–Trinajstić information content (AvgIpc) is 2.86. The van der Waals surface area contributed by atoms with Crippen molar-refractivity contribution in [1.29, 1.82) is 0 Å². The molecule has 33 heavy (non-hydrogen) atoms. The summed E-state index contributed by atoms with van der Waals surface area (Å²) in [6, 6.07) is 8.05. The van der Waals surface area contributed by atoms with Gasteiger partial charge in [0, 0.05) is 6.54 Å². The first-order valence-electron chi connectivity index (χ1n) is 13.1. The van der Waals surface area contributed by atoms with Crippen LogP contribution in [0.3, 0.4) is 0 Å². The van der Waals surface area contributed by atoms with E-state index >= 15 is 0 Å². The minimum Gasteiger partial charge on any atom is -0.651 e. The topological polar surface area (TPSA) is 97.1 Å². The molecule has 5 heteroatoms. The van der Waals surface area contributed by atoms with Crippen molar-refractivity contribution in [1.82, 2.24) is 5.32 Å². The van der Waals surface area contributed by atoms with E-state index in [1.54, 1.807) is 6.08 Å². The monoisotopic (exact) mass is 455 g/mol. The fraction of sp³-hybridized carbons (Fsp3) is 0.714. The van der Waals surface area contributed by atoms with Crippen molar-refractivity contribution in [3.05, 3.63) is 53.8 Å². The third-order valence-electron chi connectivity index (χ3n) is 8.86. The Hall–Kier alpha value is -1.24. The van der Waals surface area contributed by atoms with Gasteiger partial charge in [-0.15, -0.1) is 6.58 Å². The van der Waals surface area contributed by atoms with E-state index in [0.717, 1.165) is 47.8 Å². The summed E-state index contributed by atoms with van der Waals surface area (Å²) in [5, 5.41) is 3.51. The number of rotatable bonds is 10. The van der Waals surface area contributed by atoms with E-state index in [-0.39, 0.29) is 18.2 Å². The molecule has 0 amide bonds. The lowest BCUT2D eigenvalue weighted by molar-refractivity contribution is -0.0261. The van der Waals surface area contributed by atoms with E-state index in [4.69, 9.17) is 21.9 Å². The van der Waals surface area contributed by atoms with Gasteiger partial charge in [0.15, 0.2) is 0 Å². The maximum absolute atomic E-state index is 8.81. The predicted octanol–water partition coefficient (Wildman–Crippen LogP) is 5.77. The highest BCUT2D eigenvalue weighted by molar-refractivity contribution is 5.26. The summed E-state index contributed by atoms with van der Waals surface area (Å²) in [6.45, 7) is 12.6. The smallest absolute Gasteiger partial charge is 0.0984 e. The van der Waals surface area contributed by atoms with E-state index in [1.807, 2.05) is 24.3 Å². The highest BCUT2D eigenvalue weighted by atomic mass is 16.5. The van der Waals surface area contributed by atoms with Gasteiger partial charge in [0.2, 0.25) is 0 Å². The molecule has 6 N–H and O–H groups in total. The largest absolute Gasteiger partial charge is 0.651 e. The summed E-state index contributed by atoms with van der Waals surface area (Å²) in [5.41, 5.74) is 23.0. The van der Waals surface area contributed by atoms with Crippen LogP contribution in [-0.4, -0.2) is 18.9 Å². The molecule has 7 unspecified atom stereocenters. The molecule has 1 aromatic rings. The van der Waals surface area contributed by atoms with E-state index in [9.17, 15) is 0 Å². The Morgan fingerprint density at radius 2 is 1.82 bits per heavy atom. The van der Waals surface area contributed by atoms with Crippen molar-refractivity contribution in [2.75, 3.05) is 6.54 Å². The van der Waals surface area contributed by atoms with Crippen molar-refractivity contribution in [3.63, 3.8) is 0 Å². The van der Waals surface area contributed by atoms with Gasteiger partial charge in [0.1, 0.15) is 0 Å². The number of piperidine rings is 1. The molecular weight excluding hydrogens is 408 g/mol. The third kappa shape index (κ3) is 6.67. The number of nitrogens with two attached hydrogens (primary N) is 2. The number of ether oxygens (including phenoxy) is 1. The molecule has 0 aromatic heterocycles. The molecule has 1 aromatic carbocycles. The molecule has 1 saturated carbocycles. The maximum Gasteiger partial charge on any atom is 0.0984 e. The molecule has 0 bridgehead atoms. The van der Waals surface area contributed by atoms with E-state index in [1.165, 1.54) is 32.1 Å². The van der Waals surface area contributed by atoms with Crippen molar-refractivity contribution in [3.8, 4) is 0 Å². The standard InChI is InChI=1S/C28H47N4O/c1-5-18(3)19(4)21-11-13-22(14-12-21)24-15-25(27(30)32-17-24)28(31)33-26(6-2)23-9-7-20(16-29)8-10-23/h6-10,18-19,21-22,24-28,31-32H,2,5,11-17,29-30H2,1,3-4H3/q-1. The molecule has 186 valence electrons. The summed E-state index contributed by atoms with van der Waals surface area (Å²) < 4.78 is 6.19. The molecule has 2 aliphatic rings. The Morgan fingerprint density at radius 3 is 2.39 bits per heavy atom. The summed E-state index contributed by atoms with van der Waals surface area (Å²) in [7, 11) is 0. The number of benzene rings is 1. The van der Waals surface area contributed by atoms with Gasteiger partial charge in [-0.05, 0) is 91.5 Å². The lowest BCUT2D eigenvalue weighted by Gasteiger charge is -2.46. The summed E-state index contributed by atoms with van der Waals surface area (Å²) in [5.74, 6) is 3.80. The molecule has 7 atom stereocenters. The van der Waals surface area contributed by atoms with E-state index in [2.05, 4.69) is 32.7 Å². The second-order valence-corrected chi connectivity index (χ2v) is 10.7. The molecule has 0 radical (unpaired) electrons. The molecule has 1 aliphatic heterocycles. The lowest BCUT2D eigenvalue weighted by Crippen LogP contribution is -2.55. The second kappa shape index (κ2) is 12.5. The van der Waals surface area contributed by atoms with Gasteiger partial charge in [-0.25, -0.2) is 0 Å². The van der Waals surface area contributed by atoms with Crippen LogP contribution in [-0.2, 0) is 11.3 Å². The average molecular weight is 456 g/mol. The van der Waals surface area contributed by atoms with Gasteiger partial charge in [-0.1, -0.05) is 57.5 Å². The predicted molar refractivity (Wildman–Crippen MR) is 138 cm³/mol. The molecule has 3 rings (SSSR count). The van der Waals surface area contributed by atoms with Crippen LogP contribution in [0.25, 0.3) is 5.73 Å². The van der Waals surface area contributed by atoms with Crippen molar-refractivity contribution in [2.24, 2.45) is 47.0 Å². The zero-order valence-corrected chi connectivity index (χ0v) is 21.0. The van der Waals surface area contributed by atoms with Crippen LogP contribution in [0.1, 0.15) is 76.5 Å². The van der Waals surface area contributed by atoms with E-state index in [0.29, 0.717) is 12.5 Å². The normalized spacial score (nSPS) is 32.0. The molecular formula is C28H47N4O-. The minimum absolute atomic E-state index is 0.0220. The lowest BCUT2D eigenvalue weighted by atomic mass is 9.67. The first-order valence-corrected chi connectivity index (χ1v) is 13.1. The number of hydrogen-bond acceptors (Lipinski definition) is 4. The van der Waals surface area contributed by atoms with E-state index < -0.39 is 6.23 Å². The Labute approximate surface area is 201 Å². The van der Waals surface area contributed by atoms with Gasteiger partial charge in [-0.2, -0.15) is 0 Å². The highest BCUT2D eigenvalue weighted by Crippen LogP contribution is 2.42. The molecule has 1 saturated heterocycles. The second-order valence-electron chi connectivity index (χ2n) is 10.7.